The van der Waals surface area contributed by atoms with Crippen molar-refractivity contribution in [3.05, 3.63) is 24.3 Å². The minimum atomic E-state index is 0.706. The molecule has 1 heterocycles. The van der Waals surface area contributed by atoms with Gasteiger partial charge in [-0.2, -0.15) is 0 Å². The van der Waals surface area contributed by atoms with E-state index < -0.39 is 0 Å². The van der Waals surface area contributed by atoms with Crippen LogP contribution in [0.25, 0.3) is 0 Å². The first-order valence-electron chi connectivity index (χ1n) is 6.87. The third-order valence-electron chi connectivity index (χ3n) is 3.95. The van der Waals surface area contributed by atoms with E-state index in [0.717, 1.165) is 31.9 Å². The maximum atomic E-state index is 5.29. The van der Waals surface area contributed by atoms with Gasteiger partial charge in [-0.05, 0) is 25.5 Å². The summed E-state index contributed by atoms with van der Waals surface area (Å²) < 4.78 is 5.29. The molecule has 0 amide bonds. The van der Waals surface area contributed by atoms with Crippen molar-refractivity contribution in [2.24, 2.45) is 0 Å². The van der Waals surface area contributed by atoms with Gasteiger partial charge >= 0.3 is 0 Å². The largest absolute Gasteiger partial charge is 0.497 e. The van der Waals surface area contributed by atoms with Crippen LogP contribution in [0.5, 0.6) is 5.75 Å². The van der Waals surface area contributed by atoms with Crippen molar-refractivity contribution in [1.82, 2.24) is 4.90 Å². The highest BCUT2D eigenvalue weighted by Gasteiger charge is 2.20. The zero-order valence-electron chi connectivity index (χ0n) is 11.7. The molecule has 0 bridgehead atoms. The predicted octanol–water partition coefficient (Wildman–Crippen LogP) is 2.62. The van der Waals surface area contributed by atoms with Crippen LogP contribution in [0, 0.1) is 0 Å². The lowest BCUT2D eigenvalue weighted by Crippen LogP contribution is -2.49. The van der Waals surface area contributed by atoms with Gasteiger partial charge in [-0.3, -0.25) is 4.90 Å². The summed E-state index contributed by atoms with van der Waals surface area (Å²) in [6.45, 7) is 9.12. The van der Waals surface area contributed by atoms with Crippen molar-refractivity contribution in [3.63, 3.8) is 0 Å². The van der Waals surface area contributed by atoms with Crippen LogP contribution in [0.4, 0.5) is 5.69 Å². The van der Waals surface area contributed by atoms with Crippen LogP contribution in [0.1, 0.15) is 20.3 Å². The van der Waals surface area contributed by atoms with Crippen LogP contribution in [-0.4, -0.2) is 44.2 Å². The highest BCUT2D eigenvalue weighted by molar-refractivity contribution is 5.51. The van der Waals surface area contributed by atoms with E-state index in [1.54, 1.807) is 7.11 Å². The van der Waals surface area contributed by atoms with Gasteiger partial charge in [0.15, 0.2) is 0 Å². The Hall–Kier alpha value is -1.22. The zero-order chi connectivity index (χ0) is 13.0. The van der Waals surface area contributed by atoms with Gasteiger partial charge in [0.05, 0.1) is 7.11 Å². The van der Waals surface area contributed by atoms with Crippen molar-refractivity contribution in [2.75, 3.05) is 38.2 Å². The summed E-state index contributed by atoms with van der Waals surface area (Å²) in [6, 6.07) is 9.06. The molecule has 1 aromatic carbocycles. The Kier molecular flexibility index (Phi) is 4.48. The third-order valence-corrected chi connectivity index (χ3v) is 3.95. The number of hydrogen-bond acceptors (Lipinski definition) is 3. The van der Waals surface area contributed by atoms with Crippen molar-refractivity contribution < 1.29 is 4.74 Å². The van der Waals surface area contributed by atoms with Crippen LogP contribution in [0.3, 0.4) is 0 Å². The molecular formula is C15H24N2O. The number of rotatable bonds is 4. The normalized spacial score (nSPS) is 18.7. The number of nitrogens with zero attached hydrogens (tertiary/aromatic N) is 2. The molecule has 1 saturated heterocycles. The fourth-order valence-corrected chi connectivity index (χ4v) is 2.49. The molecule has 2 rings (SSSR count). The lowest BCUT2D eigenvalue weighted by molar-refractivity contribution is 0.193. The molecule has 100 valence electrons. The summed E-state index contributed by atoms with van der Waals surface area (Å²) in [7, 11) is 1.72. The summed E-state index contributed by atoms with van der Waals surface area (Å²) in [6.07, 6.45) is 1.24. The van der Waals surface area contributed by atoms with E-state index in [1.807, 2.05) is 6.07 Å². The summed E-state index contributed by atoms with van der Waals surface area (Å²) >= 11 is 0. The SMILES string of the molecule is CCC(C)N1CCN(c2cccc(OC)c2)CC1. The topological polar surface area (TPSA) is 15.7 Å². The van der Waals surface area contributed by atoms with Crippen molar-refractivity contribution in [3.8, 4) is 5.75 Å². The van der Waals surface area contributed by atoms with E-state index in [9.17, 15) is 0 Å². The van der Waals surface area contributed by atoms with Gasteiger partial charge in [0.1, 0.15) is 5.75 Å². The Morgan fingerprint density at radius 1 is 1.22 bits per heavy atom. The molecule has 0 N–H and O–H groups in total. The first kappa shape index (κ1) is 13.2. The number of anilines is 1. The Morgan fingerprint density at radius 2 is 1.94 bits per heavy atom. The third kappa shape index (κ3) is 2.96. The molecule has 3 heteroatoms. The molecule has 1 aliphatic heterocycles. The number of methoxy groups -OCH3 is 1. The highest BCUT2D eigenvalue weighted by atomic mass is 16.5. The predicted molar refractivity (Wildman–Crippen MR) is 76.5 cm³/mol. The van der Waals surface area contributed by atoms with Gasteiger partial charge in [0.25, 0.3) is 0 Å². The Morgan fingerprint density at radius 3 is 2.56 bits per heavy atom. The Balaban J connectivity index is 1.96. The van der Waals surface area contributed by atoms with Crippen LogP contribution < -0.4 is 9.64 Å². The van der Waals surface area contributed by atoms with E-state index in [-0.39, 0.29) is 0 Å². The van der Waals surface area contributed by atoms with Crippen LogP contribution in [0.2, 0.25) is 0 Å². The number of piperazine rings is 1. The molecule has 1 fully saturated rings. The molecule has 1 aliphatic rings. The molecule has 18 heavy (non-hydrogen) atoms. The van der Waals surface area contributed by atoms with Crippen LogP contribution >= 0.6 is 0 Å². The quantitative estimate of drug-likeness (QED) is 0.814. The van der Waals surface area contributed by atoms with Crippen molar-refractivity contribution in [2.45, 2.75) is 26.3 Å². The lowest BCUT2D eigenvalue weighted by atomic mass is 10.1. The Bertz CT molecular complexity index is 373. The lowest BCUT2D eigenvalue weighted by Gasteiger charge is -2.39. The van der Waals surface area contributed by atoms with E-state index in [2.05, 4.69) is 41.8 Å². The molecule has 1 atom stereocenters. The molecule has 0 aromatic heterocycles. The fourth-order valence-electron chi connectivity index (χ4n) is 2.49. The van der Waals surface area contributed by atoms with Crippen molar-refractivity contribution >= 4 is 5.69 Å². The number of hydrogen-bond donors (Lipinski definition) is 0. The molecule has 1 aromatic rings. The van der Waals surface area contributed by atoms with E-state index in [4.69, 9.17) is 4.74 Å². The maximum Gasteiger partial charge on any atom is 0.120 e. The van der Waals surface area contributed by atoms with E-state index in [0.29, 0.717) is 6.04 Å². The molecule has 0 saturated carbocycles. The van der Waals surface area contributed by atoms with Crippen LogP contribution in [-0.2, 0) is 0 Å². The van der Waals surface area contributed by atoms with Gasteiger partial charge in [0.2, 0.25) is 0 Å². The first-order chi connectivity index (χ1) is 8.74. The smallest absolute Gasteiger partial charge is 0.120 e. The fraction of sp³-hybridized carbons (Fsp3) is 0.600. The summed E-state index contributed by atoms with van der Waals surface area (Å²) in [5.41, 5.74) is 1.28. The van der Waals surface area contributed by atoms with Gasteiger partial charge in [-0.15, -0.1) is 0 Å². The van der Waals surface area contributed by atoms with Crippen molar-refractivity contribution in [1.29, 1.82) is 0 Å². The number of ether oxygens (including phenoxy) is 1. The highest BCUT2D eigenvalue weighted by Crippen LogP contribution is 2.22. The first-order valence-corrected chi connectivity index (χ1v) is 6.87. The minimum Gasteiger partial charge on any atom is -0.497 e. The zero-order valence-corrected chi connectivity index (χ0v) is 11.7. The molecule has 3 nitrogen and oxygen atoms in total. The average Bonchev–Trinajstić information content (AvgIpc) is 2.46. The number of benzene rings is 1. The minimum absolute atomic E-state index is 0.706. The second-order valence-corrected chi connectivity index (χ2v) is 4.98. The Labute approximate surface area is 110 Å². The molecule has 0 radical (unpaired) electrons. The van der Waals surface area contributed by atoms with E-state index >= 15 is 0 Å². The monoisotopic (exact) mass is 248 g/mol. The molecule has 0 spiro atoms. The summed E-state index contributed by atoms with van der Waals surface area (Å²) in [5, 5.41) is 0. The van der Waals surface area contributed by atoms with Gasteiger partial charge in [0, 0.05) is 44.0 Å². The summed E-state index contributed by atoms with van der Waals surface area (Å²) in [4.78, 5) is 5.03. The van der Waals surface area contributed by atoms with Gasteiger partial charge in [-0.25, -0.2) is 0 Å². The second-order valence-electron chi connectivity index (χ2n) is 4.98. The average molecular weight is 248 g/mol. The molecule has 1 unspecified atom stereocenters. The second kappa shape index (κ2) is 6.10. The van der Waals surface area contributed by atoms with Crippen LogP contribution in [0.15, 0.2) is 24.3 Å². The maximum absolute atomic E-state index is 5.29. The molecule has 0 aliphatic carbocycles. The standard InChI is InChI=1S/C15H24N2O/c1-4-13(2)16-8-10-17(11-9-16)14-6-5-7-15(12-14)18-3/h5-7,12-13H,4,8-11H2,1-3H3. The van der Waals surface area contributed by atoms with Gasteiger partial charge < -0.3 is 9.64 Å². The summed E-state index contributed by atoms with van der Waals surface area (Å²) in [5.74, 6) is 0.942. The molecular weight excluding hydrogens is 224 g/mol. The van der Waals surface area contributed by atoms with Gasteiger partial charge in [-0.1, -0.05) is 13.0 Å². The van der Waals surface area contributed by atoms with E-state index in [1.165, 1.54) is 12.1 Å².